The largest absolute Gasteiger partial charge is 0.480 e. The van der Waals surface area contributed by atoms with Crippen LogP contribution < -0.4 is 28.1 Å². The van der Waals surface area contributed by atoms with E-state index in [0.29, 0.717) is 0 Å². The molecular weight excluding hydrogens is 248 g/mol. The Labute approximate surface area is 101 Å². The molecule has 0 aliphatic heterocycles. The van der Waals surface area contributed by atoms with Crippen molar-refractivity contribution in [2.24, 2.45) is 21.9 Å². The fourth-order valence-corrected chi connectivity index (χ4v) is 0.786. The van der Waals surface area contributed by atoms with E-state index in [4.69, 9.17) is 21.9 Å². The highest BCUT2D eigenvalue weighted by molar-refractivity contribution is 5.79. The Balaban J connectivity index is 4.22. The van der Waals surface area contributed by atoms with E-state index in [2.05, 4.69) is 26.6 Å². The molecule has 12 heteroatoms. The second kappa shape index (κ2) is 8.40. The van der Waals surface area contributed by atoms with Gasteiger partial charge in [0.25, 0.3) is 0 Å². The summed E-state index contributed by atoms with van der Waals surface area (Å²) < 4.78 is 0. The van der Waals surface area contributed by atoms with Crippen molar-refractivity contribution < 1.29 is 19.8 Å². The number of hydrogen-bond donors (Lipinski definition) is 7. The second-order valence-corrected chi connectivity index (χ2v) is 2.80. The number of guanidine groups is 1. The highest BCUT2D eigenvalue weighted by Crippen LogP contribution is 1.83. The van der Waals surface area contributed by atoms with Gasteiger partial charge < -0.3 is 21.0 Å². The number of carboxylic acids is 2. The van der Waals surface area contributed by atoms with Gasteiger partial charge in [-0.2, -0.15) is 5.10 Å². The fraction of sp³-hybridized carbons (Fsp3) is 0.333. The smallest absolute Gasteiger partial charge is 0.323 e. The third-order valence-corrected chi connectivity index (χ3v) is 1.40. The maximum Gasteiger partial charge on any atom is 0.323 e. The van der Waals surface area contributed by atoms with Crippen molar-refractivity contribution in [1.29, 1.82) is 0 Å². The van der Waals surface area contributed by atoms with Gasteiger partial charge in [-0.15, -0.1) is 5.10 Å². The van der Waals surface area contributed by atoms with Crippen molar-refractivity contribution in [3.8, 4) is 0 Å². The molecule has 9 N–H and O–H groups in total. The molecule has 0 bridgehead atoms. The lowest BCUT2D eigenvalue weighted by atomic mass is 10.5. The number of carbonyl (C=O) groups is 2. The van der Waals surface area contributed by atoms with Crippen molar-refractivity contribution in [3.05, 3.63) is 0 Å². The van der Waals surface area contributed by atoms with Crippen molar-refractivity contribution >= 4 is 24.2 Å². The predicted molar refractivity (Wildman–Crippen MR) is 60.6 cm³/mol. The Morgan fingerprint density at radius 3 is 2.22 bits per heavy atom. The molecule has 0 atom stereocenters. The number of hydrogen-bond acceptors (Lipinski definition) is 7. The van der Waals surface area contributed by atoms with Crippen LogP contribution in [0.2, 0.25) is 0 Å². The molecule has 0 spiro atoms. The molecule has 102 valence electrons. The van der Waals surface area contributed by atoms with E-state index in [-0.39, 0.29) is 5.96 Å². The molecule has 0 fully saturated rings. The van der Waals surface area contributed by atoms with E-state index in [1.807, 2.05) is 0 Å². The molecule has 0 saturated heterocycles. The number of rotatable bonds is 7. The maximum absolute atomic E-state index is 10.4. The molecule has 18 heavy (non-hydrogen) atoms. The van der Waals surface area contributed by atoms with Gasteiger partial charge in [-0.3, -0.25) is 20.4 Å². The van der Waals surface area contributed by atoms with E-state index < -0.39 is 25.0 Å². The Hall–Kier alpha value is -2.76. The Morgan fingerprint density at radius 1 is 1.28 bits per heavy atom. The van der Waals surface area contributed by atoms with Gasteiger partial charge in [-0.25, -0.2) is 11.4 Å². The van der Waals surface area contributed by atoms with Crippen LogP contribution in [0.4, 0.5) is 0 Å². The lowest BCUT2D eigenvalue weighted by molar-refractivity contribution is -0.139. The molecule has 0 heterocycles. The van der Waals surface area contributed by atoms with Crippen LogP contribution in [0.1, 0.15) is 0 Å². The monoisotopic (exact) mass is 262 g/mol. The van der Waals surface area contributed by atoms with E-state index in [1.54, 1.807) is 0 Å². The minimum atomic E-state index is -1.19. The molecule has 0 aromatic carbocycles. The van der Waals surface area contributed by atoms with Crippen LogP contribution in [-0.4, -0.2) is 52.4 Å². The molecule has 12 nitrogen and oxygen atoms in total. The van der Waals surface area contributed by atoms with Gasteiger partial charge in [-0.05, 0) is 0 Å². The van der Waals surface area contributed by atoms with E-state index >= 15 is 0 Å². The molecule has 0 unspecified atom stereocenters. The summed E-state index contributed by atoms with van der Waals surface area (Å²) in [5, 5.41) is 23.7. The molecule has 0 radical (unpaired) electrons. The minimum Gasteiger partial charge on any atom is -0.480 e. The summed E-state index contributed by atoms with van der Waals surface area (Å²) in [5.41, 5.74) is 6.58. The SMILES string of the molecule is NN=C(NN)NNN=CN(CC(=O)O)CC(=O)O. The first-order valence-corrected chi connectivity index (χ1v) is 4.46. The van der Waals surface area contributed by atoms with E-state index in [0.717, 1.165) is 11.2 Å². The lowest BCUT2D eigenvalue weighted by Crippen LogP contribution is -2.47. The number of aliphatic carboxylic acids is 2. The zero-order chi connectivity index (χ0) is 14.0. The topological polar surface area (TPSA) is 191 Å². The number of carboxylic acid groups (broad SMARTS) is 2. The van der Waals surface area contributed by atoms with Gasteiger partial charge in [0.05, 0.1) is 0 Å². The highest BCUT2D eigenvalue weighted by Gasteiger charge is 2.09. The summed E-state index contributed by atoms with van der Waals surface area (Å²) in [6.45, 7) is -1.02. The van der Waals surface area contributed by atoms with Gasteiger partial charge in [0, 0.05) is 0 Å². The Bertz CT molecular complexity index is 326. The first-order chi connectivity index (χ1) is 8.49. The van der Waals surface area contributed by atoms with Crippen LogP contribution in [0.25, 0.3) is 0 Å². The number of hydrazine groups is 2. The third kappa shape index (κ3) is 7.52. The number of nitrogens with one attached hydrogen (secondary N) is 3. The van der Waals surface area contributed by atoms with E-state index in [9.17, 15) is 9.59 Å². The quantitative estimate of drug-likeness (QED) is 0.103. The molecular formula is C6H14N8O4. The van der Waals surface area contributed by atoms with Gasteiger partial charge in [-0.1, -0.05) is 0 Å². The van der Waals surface area contributed by atoms with Crippen LogP contribution in [0.15, 0.2) is 10.2 Å². The Morgan fingerprint density at radius 2 is 1.83 bits per heavy atom. The predicted octanol–water partition coefficient (Wildman–Crippen LogP) is -3.81. The summed E-state index contributed by atoms with van der Waals surface area (Å²) in [6, 6.07) is 0. The summed E-state index contributed by atoms with van der Waals surface area (Å²) in [4.78, 5) is 21.8. The standard InChI is InChI=1S/C6H14N8O4/c7-10-6(11-8)12-13-9-3-14(1-4(15)16)2-5(17)18/h3,13H,1-2,7-8H2,(H,15,16)(H,17,18)(H2,10,11,12). The van der Waals surface area contributed by atoms with Crippen LogP contribution in [0.5, 0.6) is 0 Å². The van der Waals surface area contributed by atoms with Crippen LogP contribution in [-0.2, 0) is 9.59 Å². The molecule has 0 aromatic heterocycles. The summed E-state index contributed by atoms with van der Waals surface area (Å²) >= 11 is 0. The average molecular weight is 262 g/mol. The number of hydrazone groups is 2. The Kier molecular flexibility index (Phi) is 7.11. The van der Waals surface area contributed by atoms with E-state index in [1.165, 1.54) is 0 Å². The fourth-order valence-electron chi connectivity index (χ4n) is 0.786. The van der Waals surface area contributed by atoms with Crippen molar-refractivity contribution in [3.63, 3.8) is 0 Å². The molecule has 0 saturated carbocycles. The lowest BCUT2D eigenvalue weighted by Gasteiger charge is -2.14. The summed E-state index contributed by atoms with van der Waals surface area (Å²) in [6.07, 6.45) is 0.986. The van der Waals surface area contributed by atoms with Gasteiger partial charge in [0.1, 0.15) is 19.4 Å². The maximum atomic E-state index is 10.4. The van der Waals surface area contributed by atoms with Crippen molar-refractivity contribution in [2.45, 2.75) is 0 Å². The molecule has 0 aromatic rings. The van der Waals surface area contributed by atoms with Gasteiger partial charge in [0.15, 0.2) is 0 Å². The first-order valence-electron chi connectivity index (χ1n) is 4.46. The second-order valence-electron chi connectivity index (χ2n) is 2.80. The molecule has 0 aliphatic carbocycles. The van der Waals surface area contributed by atoms with Gasteiger partial charge >= 0.3 is 11.9 Å². The van der Waals surface area contributed by atoms with Crippen molar-refractivity contribution in [1.82, 2.24) is 21.3 Å². The average Bonchev–Trinajstić information content (AvgIpc) is 2.27. The molecule has 0 aliphatic rings. The molecule has 0 rings (SSSR count). The zero-order valence-corrected chi connectivity index (χ0v) is 9.20. The third-order valence-electron chi connectivity index (χ3n) is 1.40. The van der Waals surface area contributed by atoms with Crippen LogP contribution in [0.3, 0.4) is 0 Å². The van der Waals surface area contributed by atoms with Gasteiger partial charge in [0.2, 0.25) is 5.96 Å². The summed E-state index contributed by atoms with van der Waals surface area (Å²) in [5.74, 6) is 7.44. The van der Waals surface area contributed by atoms with Crippen LogP contribution in [0, 0.1) is 0 Å². The normalized spacial score (nSPS) is 11.1. The zero-order valence-electron chi connectivity index (χ0n) is 9.20. The summed E-state index contributed by atoms with van der Waals surface area (Å²) in [7, 11) is 0. The number of nitrogens with zero attached hydrogens (tertiary/aromatic N) is 3. The van der Waals surface area contributed by atoms with Crippen molar-refractivity contribution in [2.75, 3.05) is 13.1 Å². The first kappa shape index (κ1) is 15.2. The highest BCUT2D eigenvalue weighted by atomic mass is 16.4. The minimum absolute atomic E-state index is 0.0323. The van der Waals surface area contributed by atoms with Crippen LogP contribution >= 0.6 is 0 Å². The number of nitrogens with two attached hydrogens (primary N) is 2. The molecule has 0 amide bonds.